The highest BCUT2D eigenvalue weighted by Gasteiger charge is 2.22. The Balaban J connectivity index is 1.36. The van der Waals surface area contributed by atoms with Crippen LogP contribution in [-0.2, 0) is 11.3 Å². The van der Waals surface area contributed by atoms with Crippen molar-refractivity contribution >= 4 is 17.3 Å². The summed E-state index contributed by atoms with van der Waals surface area (Å²) in [5, 5.41) is 3.59. The van der Waals surface area contributed by atoms with E-state index in [1.807, 2.05) is 19.2 Å². The van der Waals surface area contributed by atoms with Crippen molar-refractivity contribution in [2.24, 2.45) is 4.99 Å². The Morgan fingerprint density at radius 2 is 1.55 bits per heavy atom. The van der Waals surface area contributed by atoms with Crippen LogP contribution in [-0.4, -0.2) is 77.5 Å². The number of nitrogens with zero attached hydrogens (tertiary/aromatic N) is 4. The van der Waals surface area contributed by atoms with Crippen molar-refractivity contribution in [3.63, 3.8) is 0 Å². The van der Waals surface area contributed by atoms with Gasteiger partial charge in [0, 0.05) is 58.5 Å². The molecule has 2 saturated heterocycles. The molecule has 2 fully saturated rings. The van der Waals surface area contributed by atoms with Gasteiger partial charge in [-0.3, -0.25) is 4.99 Å². The SMILES string of the molecule is CN=C(NCc1ccccc1N1CCOCC1)N1CCN(c2ccccc2OC)CC1. The second-order valence-corrected chi connectivity index (χ2v) is 7.77. The Labute approximate surface area is 185 Å². The average molecular weight is 424 g/mol. The molecule has 0 amide bonds. The van der Waals surface area contributed by atoms with Gasteiger partial charge < -0.3 is 29.5 Å². The van der Waals surface area contributed by atoms with Crippen LogP contribution in [0.4, 0.5) is 11.4 Å². The van der Waals surface area contributed by atoms with Crippen LogP contribution >= 0.6 is 0 Å². The molecular formula is C24H33N5O2. The van der Waals surface area contributed by atoms with Gasteiger partial charge in [0.2, 0.25) is 0 Å². The Bertz CT molecular complexity index is 874. The van der Waals surface area contributed by atoms with E-state index in [1.54, 1.807) is 7.11 Å². The molecule has 0 atom stereocenters. The average Bonchev–Trinajstić information content (AvgIpc) is 2.85. The lowest BCUT2D eigenvalue weighted by Gasteiger charge is -2.38. The van der Waals surface area contributed by atoms with Crippen LogP contribution in [0.5, 0.6) is 5.75 Å². The second-order valence-electron chi connectivity index (χ2n) is 7.77. The fraction of sp³-hybridized carbons (Fsp3) is 0.458. The smallest absolute Gasteiger partial charge is 0.194 e. The lowest BCUT2D eigenvalue weighted by molar-refractivity contribution is 0.122. The van der Waals surface area contributed by atoms with Crippen LogP contribution in [0.15, 0.2) is 53.5 Å². The van der Waals surface area contributed by atoms with Crippen molar-refractivity contribution < 1.29 is 9.47 Å². The molecule has 2 aromatic rings. The van der Waals surface area contributed by atoms with Crippen molar-refractivity contribution in [3.8, 4) is 5.75 Å². The van der Waals surface area contributed by atoms with Gasteiger partial charge in [-0.25, -0.2) is 0 Å². The standard InChI is InChI=1S/C24H33N5O2/c1-25-24(26-19-20-7-3-4-8-21(20)28-15-17-31-18-16-28)29-13-11-27(12-14-29)22-9-5-6-10-23(22)30-2/h3-10H,11-19H2,1-2H3,(H,25,26). The van der Waals surface area contributed by atoms with E-state index in [1.165, 1.54) is 11.3 Å². The van der Waals surface area contributed by atoms with E-state index in [4.69, 9.17) is 9.47 Å². The van der Waals surface area contributed by atoms with Gasteiger partial charge >= 0.3 is 0 Å². The zero-order chi connectivity index (χ0) is 21.5. The number of aliphatic imine (C=N–C) groups is 1. The van der Waals surface area contributed by atoms with Gasteiger partial charge in [-0.1, -0.05) is 30.3 Å². The third kappa shape index (κ3) is 5.05. The summed E-state index contributed by atoms with van der Waals surface area (Å²) >= 11 is 0. The van der Waals surface area contributed by atoms with Gasteiger partial charge in [0.25, 0.3) is 0 Å². The summed E-state index contributed by atoms with van der Waals surface area (Å²) in [7, 11) is 3.60. The molecule has 2 aliphatic rings. The topological polar surface area (TPSA) is 52.6 Å². The minimum atomic E-state index is 0.757. The van der Waals surface area contributed by atoms with Gasteiger partial charge in [0.05, 0.1) is 26.0 Å². The molecule has 2 heterocycles. The maximum absolute atomic E-state index is 5.54. The van der Waals surface area contributed by atoms with Crippen molar-refractivity contribution in [2.45, 2.75) is 6.54 Å². The molecule has 1 N–H and O–H groups in total. The number of nitrogens with one attached hydrogen (secondary N) is 1. The first-order valence-corrected chi connectivity index (χ1v) is 11.0. The van der Waals surface area contributed by atoms with Crippen LogP contribution in [0, 0.1) is 0 Å². The third-order valence-electron chi connectivity index (χ3n) is 6.00. The van der Waals surface area contributed by atoms with E-state index < -0.39 is 0 Å². The monoisotopic (exact) mass is 423 g/mol. The minimum absolute atomic E-state index is 0.757. The molecule has 31 heavy (non-hydrogen) atoms. The van der Waals surface area contributed by atoms with E-state index in [-0.39, 0.29) is 0 Å². The number of guanidine groups is 1. The highest BCUT2D eigenvalue weighted by molar-refractivity contribution is 5.80. The second kappa shape index (κ2) is 10.4. The van der Waals surface area contributed by atoms with Crippen LogP contribution in [0.3, 0.4) is 0 Å². The zero-order valence-electron chi connectivity index (χ0n) is 18.6. The molecule has 0 unspecified atom stereocenters. The Kier molecular flexibility index (Phi) is 7.14. The molecular weight excluding hydrogens is 390 g/mol. The fourth-order valence-electron chi connectivity index (χ4n) is 4.33. The van der Waals surface area contributed by atoms with E-state index in [9.17, 15) is 0 Å². The van der Waals surface area contributed by atoms with Crippen molar-refractivity contribution in [2.75, 3.05) is 76.4 Å². The molecule has 0 aromatic heterocycles. The van der Waals surface area contributed by atoms with Gasteiger partial charge in [0.1, 0.15) is 5.75 Å². The van der Waals surface area contributed by atoms with E-state index >= 15 is 0 Å². The van der Waals surface area contributed by atoms with Crippen LogP contribution in [0.1, 0.15) is 5.56 Å². The summed E-state index contributed by atoms with van der Waals surface area (Å²) in [6.45, 7) is 7.93. The number of rotatable bonds is 5. The summed E-state index contributed by atoms with van der Waals surface area (Å²) in [5.41, 5.74) is 3.74. The van der Waals surface area contributed by atoms with E-state index in [0.29, 0.717) is 0 Å². The highest BCUT2D eigenvalue weighted by Crippen LogP contribution is 2.28. The van der Waals surface area contributed by atoms with Gasteiger partial charge in [-0.05, 0) is 23.8 Å². The maximum atomic E-state index is 5.54. The molecule has 4 rings (SSSR count). The number of para-hydroxylation sites is 3. The molecule has 0 spiro atoms. The first-order valence-electron chi connectivity index (χ1n) is 11.0. The minimum Gasteiger partial charge on any atom is -0.495 e. The normalized spacial score (nSPS) is 17.6. The molecule has 0 radical (unpaired) electrons. The number of morpholine rings is 1. The zero-order valence-corrected chi connectivity index (χ0v) is 18.6. The number of piperazine rings is 1. The molecule has 2 aliphatic heterocycles. The van der Waals surface area contributed by atoms with Crippen LogP contribution < -0.4 is 19.9 Å². The molecule has 0 bridgehead atoms. The number of anilines is 2. The molecule has 0 aliphatic carbocycles. The summed E-state index contributed by atoms with van der Waals surface area (Å²) in [4.78, 5) is 11.7. The van der Waals surface area contributed by atoms with E-state index in [2.05, 4.69) is 61.4 Å². The maximum Gasteiger partial charge on any atom is 0.194 e. The van der Waals surface area contributed by atoms with Crippen molar-refractivity contribution in [3.05, 3.63) is 54.1 Å². The number of benzene rings is 2. The summed E-state index contributed by atoms with van der Waals surface area (Å²) in [6, 6.07) is 16.9. The summed E-state index contributed by atoms with van der Waals surface area (Å²) < 4.78 is 11.1. The summed E-state index contributed by atoms with van der Waals surface area (Å²) in [6.07, 6.45) is 0. The highest BCUT2D eigenvalue weighted by atomic mass is 16.5. The van der Waals surface area contributed by atoms with Crippen molar-refractivity contribution in [1.29, 1.82) is 0 Å². The molecule has 7 nitrogen and oxygen atoms in total. The predicted octanol–water partition coefficient (Wildman–Crippen LogP) is 2.43. The first kappa shape index (κ1) is 21.3. The van der Waals surface area contributed by atoms with Crippen molar-refractivity contribution in [1.82, 2.24) is 10.2 Å². The predicted molar refractivity (Wildman–Crippen MR) is 126 cm³/mol. The van der Waals surface area contributed by atoms with Gasteiger partial charge in [0.15, 0.2) is 5.96 Å². The van der Waals surface area contributed by atoms with Gasteiger partial charge in [-0.15, -0.1) is 0 Å². The first-order chi connectivity index (χ1) is 15.3. The molecule has 7 heteroatoms. The Morgan fingerprint density at radius 3 is 2.26 bits per heavy atom. The Morgan fingerprint density at radius 1 is 0.903 bits per heavy atom. The van der Waals surface area contributed by atoms with E-state index in [0.717, 1.165) is 76.4 Å². The largest absolute Gasteiger partial charge is 0.495 e. The number of hydrogen-bond donors (Lipinski definition) is 1. The molecule has 166 valence electrons. The molecule has 2 aromatic carbocycles. The van der Waals surface area contributed by atoms with Crippen LogP contribution in [0.25, 0.3) is 0 Å². The number of methoxy groups -OCH3 is 1. The van der Waals surface area contributed by atoms with Gasteiger partial charge in [-0.2, -0.15) is 0 Å². The lowest BCUT2D eigenvalue weighted by Crippen LogP contribution is -2.52. The van der Waals surface area contributed by atoms with Crippen LogP contribution in [0.2, 0.25) is 0 Å². The Hall–Kier alpha value is -2.93. The quantitative estimate of drug-likeness (QED) is 0.589. The summed E-state index contributed by atoms with van der Waals surface area (Å²) in [5.74, 6) is 1.88. The lowest BCUT2D eigenvalue weighted by atomic mass is 10.1. The number of hydrogen-bond acceptors (Lipinski definition) is 5. The third-order valence-corrected chi connectivity index (χ3v) is 6.00. The fourth-order valence-corrected chi connectivity index (χ4v) is 4.33. The number of ether oxygens (including phenoxy) is 2. The molecule has 0 saturated carbocycles.